The Kier molecular flexibility index (Phi) is 10.8. The van der Waals surface area contributed by atoms with Crippen LogP contribution in [0.5, 0.6) is 0 Å². The van der Waals surface area contributed by atoms with Crippen LogP contribution in [0.15, 0.2) is 4.99 Å². The summed E-state index contributed by atoms with van der Waals surface area (Å²) in [5, 5.41) is 3.51. The minimum Gasteiger partial charge on any atom is -0.370 e. The van der Waals surface area contributed by atoms with Gasteiger partial charge in [0.1, 0.15) is 6.54 Å². The van der Waals surface area contributed by atoms with Crippen LogP contribution >= 0.6 is 0 Å². The van der Waals surface area contributed by atoms with E-state index in [4.69, 9.17) is 5.73 Å². The van der Waals surface area contributed by atoms with Crippen LogP contribution < -0.4 is 11.1 Å². The van der Waals surface area contributed by atoms with Crippen LogP contribution in [-0.2, 0) is 9.59 Å². The lowest BCUT2D eigenvalue weighted by Crippen LogP contribution is -2.48. The molecular weight excluding hydrogens is 342 g/mol. The molecule has 0 aromatic carbocycles. The van der Waals surface area contributed by atoms with Gasteiger partial charge in [0.05, 0.1) is 0 Å². The third-order valence-corrected chi connectivity index (χ3v) is 5.26. The molecule has 7 nitrogen and oxygen atoms in total. The Balaban J connectivity index is 2.78. The monoisotopic (exact) mass is 381 g/mol. The molecule has 156 valence electrons. The fourth-order valence-corrected chi connectivity index (χ4v) is 3.44. The van der Waals surface area contributed by atoms with Crippen molar-refractivity contribution in [1.82, 2.24) is 15.1 Å². The highest BCUT2D eigenvalue weighted by molar-refractivity contribution is 5.85. The largest absolute Gasteiger partial charge is 0.370 e. The van der Waals surface area contributed by atoms with Crippen LogP contribution in [0.2, 0.25) is 0 Å². The summed E-state index contributed by atoms with van der Waals surface area (Å²) in [5.41, 5.74) is 5.39. The van der Waals surface area contributed by atoms with Crippen LogP contribution in [0.3, 0.4) is 0 Å². The van der Waals surface area contributed by atoms with Gasteiger partial charge in [-0.3, -0.25) is 9.59 Å². The Labute approximate surface area is 164 Å². The van der Waals surface area contributed by atoms with E-state index in [1.165, 1.54) is 19.3 Å². The van der Waals surface area contributed by atoms with Crippen molar-refractivity contribution in [2.75, 3.05) is 40.3 Å². The Morgan fingerprint density at radius 1 is 1.33 bits per heavy atom. The molecule has 2 atom stereocenters. The molecule has 2 unspecified atom stereocenters. The van der Waals surface area contributed by atoms with E-state index in [0.29, 0.717) is 12.3 Å². The van der Waals surface area contributed by atoms with Crippen LogP contribution in [0, 0.1) is 11.8 Å². The second-order valence-corrected chi connectivity index (χ2v) is 7.85. The molecule has 2 amide bonds. The minimum absolute atomic E-state index is 0.0157. The maximum atomic E-state index is 12.0. The van der Waals surface area contributed by atoms with Gasteiger partial charge < -0.3 is 20.9 Å². The topological polar surface area (TPSA) is 91.0 Å². The number of nitrogens with two attached hydrogens (primary N) is 1. The predicted octanol–water partition coefficient (Wildman–Crippen LogP) is 1.82. The lowest BCUT2D eigenvalue weighted by atomic mass is 9.94. The maximum absolute atomic E-state index is 12.0. The van der Waals surface area contributed by atoms with Crippen molar-refractivity contribution in [2.24, 2.45) is 22.6 Å². The zero-order valence-corrected chi connectivity index (χ0v) is 17.7. The lowest BCUT2D eigenvalue weighted by Gasteiger charge is -2.35. The average Bonchev–Trinajstić information content (AvgIpc) is 2.63. The number of likely N-dealkylation sites (N-methyl/N-ethyl adjacent to an activating group) is 1. The van der Waals surface area contributed by atoms with Gasteiger partial charge in [-0.25, -0.2) is 4.99 Å². The molecule has 1 aliphatic rings. The molecule has 0 bridgehead atoms. The zero-order valence-electron chi connectivity index (χ0n) is 17.7. The van der Waals surface area contributed by atoms with Gasteiger partial charge in [-0.15, -0.1) is 0 Å². The number of nitrogens with zero attached hydrogens (tertiary/aromatic N) is 3. The predicted molar refractivity (Wildman–Crippen MR) is 110 cm³/mol. The quantitative estimate of drug-likeness (QED) is 0.446. The molecule has 1 saturated heterocycles. The summed E-state index contributed by atoms with van der Waals surface area (Å²) >= 11 is 0. The number of rotatable bonds is 10. The minimum atomic E-state index is -0.248. The average molecular weight is 382 g/mol. The fourth-order valence-electron chi connectivity index (χ4n) is 3.44. The van der Waals surface area contributed by atoms with Crippen molar-refractivity contribution in [1.29, 1.82) is 0 Å². The summed E-state index contributed by atoms with van der Waals surface area (Å²) < 4.78 is 0. The van der Waals surface area contributed by atoms with E-state index in [-0.39, 0.29) is 24.3 Å². The summed E-state index contributed by atoms with van der Waals surface area (Å²) in [6.45, 7) is 7.09. The first-order valence-corrected chi connectivity index (χ1v) is 10.4. The third-order valence-electron chi connectivity index (χ3n) is 5.26. The zero-order chi connectivity index (χ0) is 20.2. The normalized spacial score (nSPS) is 18.9. The molecule has 1 aliphatic heterocycles. The van der Waals surface area contributed by atoms with E-state index in [1.54, 1.807) is 19.0 Å². The van der Waals surface area contributed by atoms with Gasteiger partial charge in [0, 0.05) is 40.2 Å². The second-order valence-electron chi connectivity index (χ2n) is 7.85. The Bertz CT molecular complexity index is 493. The number of hydrogen-bond acceptors (Lipinski definition) is 3. The van der Waals surface area contributed by atoms with Crippen molar-refractivity contribution in [3.63, 3.8) is 0 Å². The molecule has 0 spiro atoms. The van der Waals surface area contributed by atoms with Gasteiger partial charge in [-0.1, -0.05) is 33.1 Å². The van der Waals surface area contributed by atoms with Gasteiger partial charge in [0.15, 0.2) is 5.96 Å². The van der Waals surface area contributed by atoms with Crippen molar-refractivity contribution in [3.05, 3.63) is 0 Å². The second kappa shape index (κ2) is 12.6. The van der Waals surface area contributed by atoms with Crippen molar-refractivity contribution in [3.8, 4) is 0 Å². The van der Waals surface area contributed by atoms with Crippen molar-refractivity contribution in [2.45, 2.75) is 58.8 Å². The van der Waals surface area contributed by atoms with E-state index < -0.39 is 0 Å². The van der Waals surface area contributed by atoms with E-state index in [1.807, 2.05) is 0 Å². The highest BCUT2D eigenvalue weighted by Crippen LogP contribution is 2.20. The fraction of sp³-hybridized carbons (Fsp3) is 0.850. The van der Waals surface area contributed by atoms with Crippen molar-refractivity contribution < 1.29 is 9.59 Å². The number of carbonyl (C=O) groups is 2. The highest BCUT2D eigenvalue weighted by atomic mass is 16.2. The van der Waals surface area contributed by atoms with Gasteiger partial charge in [-0.2, -0.15) is 0 Å². The Hall–Kier alpha value is -1.79. The van der Waals surface area contributed by atoms with Gasteiger partial charge in [0.2, 0.25) is 11.8 Å². The SMILES string of the molecule is CCCCC(CC)CNC(=NCC(=O)N(C)C)N1CCCC(CC(N)=O)C1. The standard InChI is InChI=1S/C20H39N5O2/c1-5-7-9-16(6-2)13-22-20(23-14-19(27)24(3)4)25-11-8-10-17(15-25)12-18(21)26/h16-17H,5-15H2,1-4H3,(H2,21,26)(H,22,23). The molecule has 1 rings (SSSR count). The third kappa shape index (κ3) is 9.11. The molecule has 1 heterocycles. The molecule has 1 fully saturated rings. The number of unbranched alkanes of at least 4 members (excludes halogenated alkanes) is 1. The molecule has 0 saturated carbocycles. The van der Waals surface area contributed by atoms with E-state index in [2.05, 4.69) is 29.1 Å². The van der Waals surface area contributed by atoms with E-state index >= 15 is 0 Å². The molecule has 0 aromatic rings. The first kappa shape index (κ1) is 23.2. The Morgan fingerprint density at radius 2 is 2.07 bits per heavy atom. The number of hydrogen-bond donors (Lipinski definition) is 2. The van der Waals surface area contributed by atoms with Crippen LogP contribution in [0.1, 0.15) is 58.8 Å². The number of carbonyl (C=O) groups excluding carboxylic acids is 2. The van der Waals surface area contributed by atoms with E-state index in [9.17, 15) is 9.59 Å². The maximum Gasteiger partial charge on any atom is 0.243 e. The highest BCUT2D eigenvalue weighted by Gasteiger charge is 2.24. The summed E-state index contributed by atoms with van der Waals surface area (Å²) in [6.07, 6.45) is 7.19. The number of aliphatic imine (C=N–C) groups is 1. The molecule has 7 heteroatoms. The van der Waals surface area contributed by atoms with Gasteiger partial charge in [-0.05, 0) is 31.1 Å². The first-order valence-electron chi connectivity index (χ1n) is 10.4. The van der Waals surface area contributed by atoms with Crippen LogP contribution in [-0.4, -0.2) is 67.8 Å². The molecule has 27 heavy (non-hydrogen) atoms. The number of piperidine rings is 1. The van der Waals surface area contributed by atoms with Gasteiger partial charge >= 0.3 is 0 Å². The van der Waals surface area contributed by atoms with Crippen LogP contribution in [0.4, 0.5) is 0 Å². The number of amides is 2. The summed E-state index contributed by atoms with van der Waals surface area (Å²) in [4.78, 5) is 31.6. The molecule has 0 radical (unpaired) electrons. The van der Waals surface area contributed by atoms with Crippen molar-refractivity contribution >= 4 is 17.8 Å². The number of primary amides is 1. The summed E-state index contributed by atoms with van der Waals surface area (Å²) in [5.74, 6) is 1.38. The molecule has 0 aromatic heterocycles. The molecule has 3 N–H and O–H groups in total. The number of likely N-dealkylation sites (tertiary alicyclic amines) is 1. The lowest BCUT2D eigenvalue weighted by molar-refractivity contribution is -0.127. The number of guanidine groups is 1. The van der Waals surface area contributed by atoms with Crippen LogP contribution in [0.25, 0.3) is 0 Å². The molecule has 0 aliphatic carbocycles. The first-order chi connectivity index (χ1) is 12.9. The summed E-state index contributed by atoms with van der Waals surface area (Å²) in [7, 11) is 3.49. The molecular formula is C20H39N5O2. The van der Waals surface area contributed by atoms with E-state index in [0.717, 1.165) is 44.9 Å². The Morgan fingerprint density at radius 3 is 2.67 bits per heavy atom. The number of nitrogens with one attached hydrogen (secondary N) is 1. The summed E-state index contributed by atoms with van der Waals surface area (Å²) in [6, 6.07) is 0. The smallest absolute Gasteiger partial charge is 0.243 e. The van der Waals surface area contributed by atoms with Gasteiger partial charge in [0.25, 0.3) is 0 Å².